The summed E-state index contributed by atoms with van der Waals surface area (Å²) in [6.07, 6.45) is 7.01. The number of phenols is 1. The maximum absolute atomic E-state index is 16.0. The van der Waals surface area contributed by atoms with Crippen molar-refractivity contribution in [1.29, 1.82) is 0 Å². The molecule has 0 saturated heterocycles. The Kier molecular flexibility index (Phi) is 8.66. The van der Waals surface area contributed by atoms with Gasteiger partial charge in [0.1, 0.15) is 11.9 Å². The normalized spacial score (nSPS) is 31.3. The summed E-state index contributed by atoms with van der Waals surface area (Å²) in [6, 6.07) is 15.9. The molecular weight excluding hydrogens is 489 g/mol. The highest BCUT2D eigenvalue weighted by atomic mass is 19.1. The lowest BCUT2D eigenvalue weighted by atomic mass is 9.51. The van der Waals surface area contributed by atoms with E-state index in [0.717, 1.165) is 75.6 Å². The van der Waals surface area contributed by atoms with Gasteiger partial charge < -0.3 is 15.1 Å². The van der Waals surface area contributed by atoms with Gasteiger partial charge in [-0.15, -0.1) is 0 Å². The molecule has 4 nitrogen and oxygen atoms in total. The van der Waals surface area contributed by atoms with Crippen molar-refractivity contribution in [2.45, 2.75) is 96.2 Å². The van der Waals surface area contributed by atoms with Gasteiger partial charge in [0.25, 0.3) is 0 Å². The Labute approximate surface area is 233 Å². The number of carbonyl (C=O) groups is 1. The third kappa shape index (κ3) is 5.75. The summed E-state index contributed by atoms with van der Waals surface area (Å²) < 4.78 is 16.0. The van der Waals surface area contributed by atoms with Gasteiger partial charge in [-0.3, -0.25) is 4.79 Å². The van der Waals surface area contributed by atoms with E-state index in [0.29, 0.717) is 24.7 Å². The van der Waals surface area contributed by atoms with E-state index in [9.17, 15) is 15.0 Å². The van der Waals surface area contributed by atoms with Crippen LogP contribution in [0, 0.1) is 23.2 Å². The number of amides is 1. The van der Waals surface area contributed by atoms with E-state index >= 15 is 4.39 Å². The summed E-state index contributed by atoms with van der Waals surface area (Å²) in [6.45, 7) is 5.60. The van der Waals surface area contributed by atoms with Gasteiger partial charge >= 0.3 is 0 Å². The zero-order valence-electron chi connectivity index (χ0n) is 23.7. The highest BCUT2D eigenvalue weighted by molar-refractivity contribution is 5.75. The number of fused-ring (bicyclic) bond motifs is 5. The number of unbranched alkanes of at least 4 members (excludes halogenated alkanes) is 1. The molecular formula is C34H46FNO3. The maximum Gasteiger partial charge on any atom is 0.222 e. The first-order valence-electron chi connectivity index (χ1n) is 15.3. The van der Waals surface area contributed by atoms with Crippen molar-refractivity contribution >= 4 is 5.91 Å². The second kappa shape index (κ2) is 12.0. The number of carbonyl (C=O) groups excluding carboxylic acids is 1. The van der Waals surface area contributed by atoms with E-state index in [1.54, 1.807) is 6.07 Å². The molecule has 3 aliphatic carbocycles. The molecule has 0 radical (unpaired) electrons. The number of benzene rings is 2. The molecule has 212 valence electrons. The van der Waals surface area contributed by atoms with E-state index < -0.39 is 12.3 Å². The molecule has 0 aromatic heterocycles. The molecule has 0 spiro atoms. The van der Waals surface area contributed by atoms with E-state index in [1.165, 1.54) is 5.56 Å². The zero-order valence-corrected chi connectivity index (χ0v) is 23.7. The average Bonchev–Trinajstić information content (AvgIpc) is 3.22. The minimum absolute atomic E-state index is 0.154. The fourth-order valence-electron chi connectivity index (χ4n) is 8.45. The van der Waals surface area contributed by atoms with E-state index in [-0.39, 0.29) is 28.9 Å². The van der Waals surface area contributed by atoms with Gasteiger partial charge in [-0.05, 0) is 103 Å². The number of hydrogen-bond donors (Lipinski definition) is 2. The Morgan fingerprint density at radius 1 is 1.08 bits per heavy atom. The minimum atomic E-state index is -0.975. The molecule has 5 rings (SSSR count). The van der Waals surface area contributed by atoms with Crippen LogP contribution < -0.4 is 0 Å². The number of alkyl halides is 1. The summed E-state index contributed by atoms with van der Waals surface area (Å²) in [4.78, 5) is 14.7. The predicted molar refractivity (Wildman–Crippen MR) is 153 cm³/mol. The van der Waals surface area contributed by atoms with Gasteiger partial charge in [0.15, 0.2) is 0 Å². The summed E-state index contributed by atoms with van der Waals surface area (Å²) in [7, 11) is 0. The first kappa shape index (κ1) is 28.1. The number of phenolic OH excluding ortho intramolecular Hbond substituents is 1. The highest BCUT2D eigenvalue weighted by Gasteiger charge is 2.59. The molecule has 2 fully saturated rings. The fraction of sp³-hybridized carbons (Fsp3) is 0.618. The van der Waals surface area contributed by atoms with E-state index in [4.69, 9.17) is 0 Å². The van der Waals surface area contributed by atoms with Gasteiger partial charge in [-0.2, -0.15) is 0 Å². The molecule has 2 saturated carbocycles. The van der Waals surface area contributed by atoms with Crippen LogP contribution in [0.5, 0.6) is 5.75 Å². The SMILES string of the molecule is CCC(=O)N(CCCC[C@@H]1Cc2cc(O)ccc2[C@@H]2[C@@H]1[C@@H]1CC[C@H](O)[C@@]1(C)C[C@@H]2F)CCCc1ccccc1. The molecule has 0 aliphatic heterocycles. The standard InChI is InChI=1S/C34H46FNO3/c1-3-31(39)36(19-9-12-23-10-5-4-6-11-23)18-8-7-13-24-20-25-21-26(37)14-15-27(25)33-29(35)22-34(2)28(32(24)33)16-17-30(34)38/h4-6,10-11,14-15,21,24,28-30,32-33,37-38H,3,7-9,12-13,16-20,22H2,1-2H3/t24-,28+,29+,30+,32+,33+,34+/m1/s1. The van der Waals surface area contributed by atoms with Crippen molar-refractivity contribution in [3.05, 3.63) is 65.2 Å². The Balaban J connectivity index is 1.25. The largest absolute Gasteiger partial charge is 0.508 e. The van der Waals surface area contributed by atoms with Crippen LogP contribution in [0.2, 0.25) is 0 Å². The lowest BCUT2D eigenvalue weighted by Crippen LogP contribution is -2.51. The molecule has 3 aliphatic rings. The number of aliphatic hydroxyl groups is 1. The molecule has 7 atom stereocenters. The van der Waals surface area contributed by atoms with Crippen LogP contribution in [0.1, 0.15) is 87.8 Å². The summed E-state index contributed by atoms with van der Waals surface area (Å²) in [5.41, 5.74) is 3.12. The maximum atomic E-state index is 16.0. The monoisotopic (exact) mass is 535 g/mol. The Morgan fingerprint density at radius 2 is 1.85 bits per heavy atom. The van der Waals surface area contributed by atoms with Crippen LogP contribution in [0.3, 0.4) is 0 Å². The van der Waals surface area contributed by atoms with Crippen LogP contribution in [0.4, 0.5) is 4.39 Å². The number of rotatable bonds is 10. The van der Waals surface area contributed by atoms with Crippen LogP contribution in [0.25, 0.3) is 0 Å². The Hall–Kier alpha value is -2.40. The predicted octanol–water partition coefficient (Wildman–Crippen LogP) is 6.83. The molecule has 39 heavy (non-hydrogen) atoms. The number of nitrogens with zero attached hydrogens (tertiary/aromatic N) is 1. The number of aliphatic hydroxyl groups excluding tert-OH is 1. The average molecular weight is 536 g/mol. The second-order valence-electron chi connectivity index (χ2n) is 12.7. The number of aryl methyl sites for hydroxylation is 1. The van der Waals surface area contributed by atoms with Gasteiger partial charge in [0, 0.05) is 25.4 Å². The van der Waals surface area contributed by atoms with Gasteiger partial charge in [0.05, 0.1) is 6.10 Å². The van der Waals surface area contributed by atoms with Crippen molar-refractivity contribution in [2.24, 2.45) is 23.2 Å². The topological polar surface area (TPSA) is 60.8 Å². The molecule has 1 amide bonds. The number of aromatic hydroxyl groups is 1. The lowest BCUT2D eigenvalue weighted by molar-refractivity contribution is -0.131. The molecule has 0 unspecified atom stereocenters. The van der Waals surface area contributed by atoms with E-state index in [2.05, 4.69) is 31.2 Å². The molecule has 5 heteroatoms. The van der Waals surface area contributed by atoms with Crippen LogP contribution in [-0.2, 0) is 17.6 Å². The molecule has 2 aromatic carbocycles. The van der Waals surface area contributed by atoms with Crippen molar-refractivity contribution in [2.75, 3.05) is 13.1 Å². The highest BCUT2D eigenvalue weighted by Crippen LogP contribution is 2.63. The van der Waals surface area contributed by atoms with Crippen LogP contribution in [0.15, 0.2) is 48.5 Å². The molecule has 2 N–H and O–H groups in total. The first-order valence-corrected chi connectivity index (χ1v) is 15.3. The van der Waals surface area contributed by atoms with Crippen LogP contribution in [-0.4, -0.2) is 46.4 Å². The molecule has 0 bridgehead atoms. The molecule has 0 heterocycles. The van der Waals surface area contributed by atoms with Crippen molar-refractivity contribution in [1.82, 2.24) is 4.90 Å². The third-order valence-electron chi connectivity index (χ3n) is 10.4. The summed E-state index contributed by atoms with van der Waals surface area (Å²) in [5, 5.41) is 21.1. The summed E-state index contributed by atoms with van der Waals surface area (Å²) in [5.74, 6) is 1.18. The third-order valence-corrected chi connectivity index (χ3v) is 10.4. The zero-order chi connectivity index (χ0) is 27.6. The van der Waals surface area contributed by atoms with Gasteiger partial charge in [-0.25, -0.2) is 4.39 Å². The first-order chi connectivity index (χ1) is 18.8. The second-order valence-corrected chi connectivity index (χ2v) is 12.7. The van der Waals surface area contributed by atoms with Gasteiger partial charge in [0.2, 0.25) is 5.91 Å². The number of halogens is 1. The fourth-order valence-corrected chi connectivity index (χ4v) is 8.45. The van der Waals surface area contributed by atoms with Crippen molar-refractivity contribution in [3.8, 4) is 5.75 Å². The smallest absolute Gasteiger partial charge is 0.222 e. The molecule has 2 aromatic rings. The lowest BCUT2D eigenvalue weighted by Gasteiger charge is -2.54. The number of hydrogen-bond acceptors (Lipinski definition) is 3. The Bertz CT molecular complexity index is 1120. The Morgan fingerprint density at radius 3 is 2.62 bits per heavy atom. The van der Waals surface area contributed by atoms with Crippen LogP contribution >= 0.6 is 0 Å². The minimum Gasteiger partial charge on any atom is -0.508 e. The quantitative estimate of drug-likeness (QED) is 0.328. The van der Waals surface area contributed by atoms with Crippen molar-refractivity contribution in [3.63, 3.8) is 0 Å². The van der Waals surface area contributed by atoms with Gasteiger partial charge in [-0.1, -0.05) is 56.7 Å². The van der Waals surface area contributed by atoms with E-state index in [1.807, 2.05) is 30.0 Å². The van der Waals surface area contributed by atoms with Crippen molar-refractivity contribution < 1.29 is 19.4 Å². The summed E-state index contributed by atoms with van der Waals surface area (Å²) >= 11 is 0.